The molecule has 0 saturated carbocycles. The molecule has 0 aliphatic heterocycles. The summed E-state index contributed by atoms with van der Waals surface area (Å²) in [6.45, 7) is 2.05. The number of imidazole rings is 1. The summed E-state index contributed by atoms with van der Waals surface area (Å²) in [5.74, 6) is 2.99. The number of carbonyl (C=O) groups excluding carboxylic acids is 1. The lowest BCUT2D eigenvalue weighted by molar-refractivity contribution is -0.120. The molecule has 0 atom stereocenters. The van der Waals surface area contributed by atoms with Crippen molar-refractivity contribution in [3.05, 3.63) is 83.1 Å². The van der Waals surface area contributed by atoms with Crippen LogP contribution in [0.5, 0.6) is 17.2 Å². The van der Waals surface area contributed by atoms with E-state index in [2.05, 4.69) is 16.0 Å². The predicted molar refractivity (Wildman–Crippen MR) is 150 cm³/mol. The van der Waals surface area contributed by atoms with Gasteiger partial charge < -0.3 is 24.1 Å². The Morgan fingerprint density at radius 3 is 2.53 bits per heavy atom. The molecule has 4 rings (SSSR count). The van der Waals surface area contributed by atoms with Gasteiger partial charge in [0.2, 0.25) is 5.91 Å². The Balaban J connectivity index is 1.26. The molecule has 3 aromatic carbocycles. The van der Waals surface area contributed by atoms with Crippen LogP contribution in [0.15, 0.2) is 66.7 Å². The highest BCUT2D eigenvalue weighted by Crippen LogP contribution is 2.28. The summed E-state index contributed by atoms with van der Waals surface area (Å²) in [4.78, 5) is 17.4. The van der Waals surface area contributed by atoms with Crippen LogP contribution in [0.4, 0.5) is 0 Å². The molecular formula is C30H34ClN3O4. The van der Waals surface area contributed by atoms with E-state index in [1.807, 2.05) is 60.7 Å². The molecule has 1 amide bonds. The van der Waals surface area contributed by atoms with Gasteiger partial charge in [0, 0.05) is 19.5 Å². The number of benzene rings is 3. The molecule has 0 aliphatic carbocycles. The third kappa shape index (κ3) is 7.19. The fraction of sp³-hybridized carbons (Fsp3) is 0.333. The van der Waals surface area contributed by atoms with Crippen LogP contribution in [0.3, 0.4) is 0 Å². The first-order chi connectivity index (χ1) is 18.6. The molecule has 0 aliphatic rings. The van der Waals surface area contributed by atoms with Crippen molar-refractivity contribution in [2.24, 2.45) is 0 Å². The molecule has 0 fully saturated rings. The summed E-state index contributed by atoms with van der Waals surface area (Å²) >= 11 is 6.18. The molecule has 4 aromatic rings. The summed E-state index contributed by atoms with van der Waals surface area (Å²) < 4.78 is 18.7. The zero-order chi connectivity index (χ0) is 26.7. The molecule has 8 heteroatoms. The van der Waals surface area contributed by atoms with Crippen molar-refractivity contribution in [2.45, 2.75) is 38.6 Å². The number of aromatic nitrogens is 2. The average molecular weight is 536 g/mol. The number of methoxy groups -OCH3 is 2. The first-order valence-corrected chi connectivity index (χ1v) is 13.3. The van der Waals surface area contributed by atoms with Gasteiger partial charge in [-0.15, -0.1) is 0 Å². The second-order valence-corrected chi connectivity index (χ2v) is 9.38. The van der Waals surface area contributed by atoms with Gasteiger partial charge in [-0.2, -0.15) is 0 Å². The van der Waals surface area contributed by atoms with E-state index < -0.39 is 0 Å². The minimum absolute atomic E-state index is 0.0238. The van der Waals surface area contributed by atoms with E-state index in [1.54, 1.807) is 14.2 Å². The van der Waals surface area contributed by atoms with Crippen LogP contribution in [0.25, 0.3) is 11.0 Å². The van der Waals surface area contributed by atoms with Crippen molar-refractivity contribution in [1.29, 1.82) is 0 Å². The summed E-state index contributed by atoms with van der Waals surface area (Å²) in [5, 5.41) is 3.66. The predicted octanol–water partition coefficient (Wildman–Crippen LogP) is 5.86. The lowest BCUT2D eigenvalue weighted by Gasteiger charge is -2.11. The number of rotatable bonds is 14. The maximum Gasteiger partial charge on any atom is 0.224 e. The highest BCUT2D eigenvalue weighted by atomic mass is 35.5. The minimum Gasteiger partial charge on any atom is -0.493 e. The number of carbonyl (C=O) groups is 1. The van der Waals surface area contributed by atoms with Gasteiger partial charge in [-0.25, -0.2) is 4.98 Å². The smallest absolute Gasteiger partial charge is 0.224 e. The van der Waals surface area contributed by atoms with E-state index >= 15 is 0 Å². The molecule has 0 unspecified atom stereocenters. The molecule has 1 heterocycles. The molecule has 7 nitrogen and oxygen atoms in total. The monoisotopic (exact) mass is 535 g/mol. The Kier molecular flexibility index (Phi) is 9.87. The molecule has 0 radical (unpaired) electrons. The van der Waals surface area contributed by atoms with Gasteiger partial charge >= 0.3 is 0 Å². The SMILES string of the molecule is COc1ccc(CC(=O)NCCCc2nc3ccccc3n2CCCCOc2ccccc2Cl)cc1OC. The zero-order valence-electron chi connectivity index (χ0n) is 21.9. The van der Waals surface area contributed by atoms with Crippen LogP contribution >= 0.6 is 11.6 Å². The van der Waals surface area contributed by atoms with Crippen molar-refractivity contribution < 1.29 is 19.0 Å². The molecule has 38 heavy (non-hydrogen) atoms. The fourth-order valence-corrected chi connectivity index (χ4v) is 4.58. The van der Waals surface area contributed by atoms with Gasteiger partial charge in [-0.3, -0.25) is 4.79 Å². The van der Waals surface area contributed by atoms with Gasteiger partial charge in [-0.05, 0) is 61.2 Å². The van der Waals surface area contributed by atoms with Gasteiger partial charge in [0.25, 0.3) is 0 Å². The summed E-state index contributed by atoms with van der Waals surface area (Å²) in [7, 11) is 3.18. The van der Waals surface area contributed by atoms with Crippen LogP contribution in [0.2, 0.25) is 5.02 Å². The summed E-state index contributed by atoms with van der Waals surface area (Å²) in [6, 6.07) is 21.3. The van der Waals surface area contributed by atoms with Crippen LogP contribution < -0.4 is 19.5 Å². The highest BCUT2D eigenvalue weighted by Gasteiger charge is 2.12. The molecule has 1 N–H and O–H groups in total. The molecule has 0 bridgehead atoms. The second-order valence-electron chi connectivity index (χ2n) is 8.97. The number of para-hydroxylation sites is 3. The van der Waals surface area contributed by atoms with E-state index in [0.29, 0.717) is 29.7 Å². The fourth-order valence-electron chi connectivity index (χ4n) is 4.39. The van der Waals surface area contributed by atoms with Crippen LogP contribution in [-0.4, -0.2) is 42.8 Å². The maximum atomic E-state index is 12.5. The maximum absolute atomic E-state index is 12.5. The third-order valence-corrected chi connectivity index (χ3v) is 6.63. The first-order valence-electron chi connectivity index (χ1n) is 12.9. The van der Waals surface area contributed by atoms with Gasteiger partial charge in [-0.1, -0.05) is 41.9 Å². The Morgan fingerprint density at radius 2 is 1.71 bits per heavy atom. The Bertz CT molecular complexity index is 1350. The number of ether oxygens (including phenoxy) is 3. The van der Waals surface area contributed by atoms with E-state index in [1.165, 1.54) is 0 Å². The zero-order valence-corrected chi connectivity index (χ0v) is 22.7. The van der Waals surface area contributed by atoms with Crippen molar-refractivity contribution in [3.8, 4) is 17.2 Å². The number of fused-ring (bicyclic) bond motifs is 1. The summed E-state index contributed by atoms with van der Waals surface area (Å²) in [6.07, 6.45) is 3.73. The minimum atomic E-state index is -0.0238. The lowest BCUT2D eigenvalue weighted by atomic mass is 10.1. The number of hydrogen-bond acceptors (Lipinski definition) is 5. The Hall–Kier alpha value is -3.71. The van der Waals surface area contributed by atoms with Gasteiger partial charge in [0.05, 0.1) is 43.3 Å². The number of aryl methyl sites for hydroxylation is 2. The number of amides is 1. The van der Waals surface area contributed by atoms with E-state index in [4.69, 9.17) is 30.8 Å². The van der Waals surface area contributed by atoms with E-state index in [0.717, 1.165) is 60.4 Å². The molecule has 0 spiro atoms. The molecular weight excluding hydrogens is 502 g/mol. The standard InChI is InChI=1S/C30H34ClN3O4/c1-36-27-16-15-22(20-28(27)37-2)21-30(35)32-17-9-14-29-33-24-11-4-5-12-25(24)34(29)18-7-8-19-38-26-13-6-3-10-23(26)31/h3-6,10-13,15-16,20H,7-9,14,17-19,21H2,1-2H3,(H,32,35). The average Bonchev–Trinajstić information content (AvgIpc) is 3.29. The van der Waals surface area contributed by atoms with Crippen molar-refractivity contribution in [1.82, 2.24) is 14.9 Å². The Morgan fingerprint density at radius 1 is 0.921 bits per heavy atom. The van der Waals surface area contributed by atoms with Crippen LogP contribution in [0, 0.1) is 0 Å². The molecule has 1 aromatic heterocycles. The van der Waals surface area contributed by atoms with Gasteiger partial charge in [0.15, 0.2) is 11.5 Å². The van der Waals surface area contributed by atoms with E-state index in [9.17, 15) is 4.79 Å². The number of nitrogens with zero attached hydrogens (tertiary/aromatic N) is 2. The number of unbranched alkanes of at least 4 members (excludes halogenated alkanes) is 1. The number of halogens is 1. The largest absolute Gasteiger partial charge is 0.493 e. The van der Waals surface area contributed by atoms with Crippen molar-refractivity contribution in [2.75, 3.05) is 27.4 Å². The van der Waals surface area contributed by atoms with Crippen molar-refractivity contribution >= 4 is 28.5 Å². The first kappa shape index (κ1) is 27.3. The van der Waals surface area contributed by atoms with Crippen LogP contribution in [0.1, 0.15) is 30.7 Å². The summed E-state index contributed by atoms with van der Waals surface area (Å²) in [5.41, 5.74) is 3.00. The highest BCUT2D eigenvalue weighted by molar-refractivity contribution is 6.32. The second kappa shape index (κ2) is 13.7. The molecule has 200 valence electrons. The third-order valence-electron chi connectivity index (χ3n) is 6.32. The normalized spacial score (nSPS) is 10.9. The Labute approximate surface area is 228 Å². The quantitative estimate of drug-likeness (QED) is 0.205. The van der Waals surface area contributed by atoms with E-state index in [-0.39, 0.29) is 12.3 Å². The number of nitrogens with one attached hydrogen (secondary N) is 1. The lowest BCUT2D eigenvalue weighted by Crippen LogP contribution is -2.26. The number of hydrogen-bond donors (Lipinski definition) is 1. The van der Waals surface area contributed by atoms with Gasteiger partial charge in [0.1, 0.15) is 11.6 Å². The van der Waals surface area contributed by atoms with Crippen LogP contribution in [-0.2, 0) is 24.2 Å². The van der Waals surface area contributed by atoms with Crippen molar-refractivity contribution in [3.63, 3.8) is 0 Å². The molecule has 0 saturated heterocycles. The topological polar surface area (TPSA) is 74.6 Å².